The molecule has 37 heavy (non-hydrogen) atoms. The number of imidazole rings is 1. The third-order valence-corrected chi connectivity index (χ3v) is 8.01. The minimum atomic E-state index is -0.0201. The van der Waals surface area contributed by atoms with E-state index in [1.807, 2.05) is 30.1 Å². The Morgan fingerprint density at radius 3 is 2.78 bits per heavy atom. The summed E-state index contributed by atoms with van der Waals surface area (Å²) < 4.78 is 4.30. The highest BCUT2D eigenvalue weighted by molar-refractivity contribution is 7.27. The minimum absolute atomic E-state index is 0.0201. The van der Waals surface area contributed by atoms with Gasteiger partial charge >= 0.3 is 0 Å². The van der Waals surface area contributed by atoms with E-state index in [2.05, 4.69) is 59.7 Å². The van der Waals surface area contributed by atoms with Gasteiger partial charge in [0.2, 0.25) is 0 Å². The Labute approximate surface area is 220 Å². The SMILES string of the molecule is [B]C(C)C1C[C@H](n2nc(C#Cc3cc4ncn(C5CC5)c4cc3P)c3c(N)nccc32)CN1C(=C)C=C. The molecule has 1 aliphatic carbocycles. The van der Waals surface area contributed by atoms with Crippen molar-refractivity contribution >= 4 is 50.1 Å². The fraction of sp³-hybridized carbons (Fsp3) is 0.321. The van der Waals surface area contributed by atoms with Crippen LogP contribution in [0.1, 0.15) is 49.5 Å². The predicted octanol–water partition coefficient (Wildman–Crippen LogP) is 3.89. The second-order valence-corrected chi connectivity index (χ2v) is 10.7. The van der Waals surface area contributed by atoms with Gasteiger partial charge in [-0.05, 0) is 54.8 Å². The molecule has 3 unspecified atom stereocenters. The summed E-state index contributed by atoms with van der Waals surface area (Å²) in [6.45, 7) is 10.8. The zero-order valence-corrected chi connectivity index (χ0v) is 22.1. The highest BCUT2D eigenvalue weighted by Crippen LogP contribution is 2.38. The Hall–Kier alpha value is -3.56. The summed E-state index contributed by atoms with van der Waals surface area (Å²) in [6, 6.07) is 6.96. The lowest BCUT2D eigenvalue weighted by atomic mass is 9.81. The van der Waals surface area contributed by atoms with Crippen LogP contribution in [0.15, 0.2) is 55.7 Å². The third-order valence-electron chi connectivity index (χ3n) is 7.53. The highest BCUT2D eigenvalue weighted by Gasteiger charge is 2.36. The molecule has 0 amide bonds. The number of pyridine rings is 1. The van der Waals surface area contributed by atoms with E-state index >= 15 is 0 Å². The molecular formula is C28H29BN7P. The van der Waals surface area contributed by atoms with E-state index in [0.29, 0.717) is 17.6 Å². The van der Waals surface area contributed by atoms with Crippen LogP contribution in [-0.4, -0.2) is 49.6 Å². The molecule has 2 aliphatic rings. The van der Waals surface area contributed by atoms with Gasteiger partial charge in [-0.25, -0.2) is 9.97 Å². The summed E-state index contributed by atoms with van der Waals surface area (Å²) in [5, 5.41) is 6.77. The van der Waals surface area contributed by atoms with Gasteiger partial charge in [0, 0.05) is 36.1 Å². The lowest BCUT2D eigenvalue weighted by Gasteiger charge is -2.29. The molecule has 0 bridgehead atoms. The molecule has 0 spiro atoms. The minimum Gasteiger partial charge on any atom is -0.383 e. The molecule has 1 saturated heterocycles. The Balaban J connectivity index is 1.40. The van der Waals surface area contributed by atoms with E-state index in [9.17, 15) is 0 Å². The molecule has 3 aromatic heterocycles. The number of hydrogen-bond donors (Lipinski definition) is 1. The average molecular weight is 505 g/mol. The molecule has 2 N–H and O–H groups in total. The van der Waals surface area contributed by atoms with Crippen LogP contribution in [0.3, 0.4) is 0 Å². The van der Waals surface area contributed by atoms with Crippen molar-refractivity contribution < 1.29 is 0 Å². The lowest BCUT2D eigenvalue weighted by Crippen LogP contribution is -2.30. The fourth-order valence-corrected chi connectivity index (χ4v) is 5.73. The maximum Gasteiger partial charge on any atom is 0.147 e. The molecule has 2 fully saturated rings. The fourth-order valence-electron chi connectivity index (χ4n) is 5.41. The van der Waals surface area contributed by atoms with Crippen LogP contribution in [0.5, 0.6) is 0 Å². The molecule has 1 saturated carbocycles. The maximum absolute atomic E-state index is 6.34. The summed E-state index contributed by atoms with van der Waals surface area (Å²) in [7, 11) is 9.15. The predicted molar refractivity (Wildman–Crippen MR) is 154 cm³/mol. The summed E-state index contributed by atoms with van der Waals surface area (Å²) in [5.41, 5.74) is 11.8. The van der Waals surface area contributed by atoms with Crippen molar-refractivity contribution in [2.45, 2.75) is 50.1 Å². The van der Waals surface area contributed by atoms with E-state index in [-0.39, 0.29) is 17.9 Å². The first-order valence-electron chi connectivity index (χ1n) is 12.6. The summed E-state index contributed by atoms with van der Waals surface area (Å²) in [6.07, 6.45) is 8.71. The van der Waals surface area contributed by atoms with Crippen LogP contribution in [0.2, 0.25) is 5.82 Å². The van der Waals surface area contributed by atoms with Crippen LogP contribution < -0.4 is 11.0 Å². The standard InChI is InChI=1S/C28H29BN7P/c1-4-16(2)34-14-20(12-24(34)17(3)29)36-23-9-10-31-28(30)27(23)21(33-36)8-5-18-11-22-25(13-26(18)37)35(15-32-22)19-6-7-19/h4,9-11,13,15,17,19-20,24H,1-2,6-7,12,14,37H2,3H3,(H2,30,31)/t17?,20-,24?/m0/s1. The monoisotopic (exact) mass is 505 g/mol. The quantitative estimate of drug-likeness (QED) is 0.193. The van der Waals surface area contributed by atoms with Crippen LogP contribution in [-0.2, 0) is 0 Å². The largest absolute Gasteiger partial charge is 0.383 e. The number of aromatic nitrogens is 5. The van der Waals surface area contributed by atoms with Crippen molar-refractivity contribution in [2.75, 3.05) is 12.3 Å². The normalized spacial score (nSPS) is 20.2. The van der Waals surface area contributed by atoms with Gasteiger partial charge in [-0.1, -0.05) is 31.8 Å². The maximum atomic E-state index is 6.34. The molecule has 184 valence electrons. The van der Waals surface area contributed by atoms with Crippen molar-refractivity contribution in [3.8, 4) is 11.8 Å². The van der Waals surface area contributed by atoms with E-state index in [1.54, 1.807) is 12.3 Å². The first-order chi connectivity index (χ1) is 17.9. The molecule has 4 aromatic rings. The van der Waals surface area contributed by atoms with Crippen molar-refractivity contribution in [3.05, 3.63) is 66.9 Å². The first-order valence-corrected chi connectivity index (χ1v) is 13.2. The van der Waals surface area contributed by atoms with E-state index < -0.39 is 0 Å². The van der Waals surface area contributed by atoms with Gasteiger partial charge in [0.05, 0.1) is 42.2 Å². The number of nitrogens with two attached hydrogens (primary N) is 1. The Morgan fingerprint density at radius 1 is 1.24 bits per heavy atom. The molecule has 1 aliphatic heterocycles. The van der Waals surface area contributed by atoms with Crippen molar-refractivity contribution in [1.82, 2.24) is 29.2 Å². The zero-order chi connectivity index (χ0) is 25.8. The van der Waals surface area contributed by atoms with Gasteiger partial charge in [-0.15, -0.1) is 9.24 Å². The Morgan fingerprint density at radius 2 is 2.05 bits per heavy atom. The van der Waals surface area contributed by atoms with Crippen LogP contribution in [0, 0.1) is 11.8 Å². The number of benzene rings is 1. The first kappa shape index (κ1) is 23.8. The average Bonchev–Trinajstić information content (AvgIpc) is 3.32. The second-order valence-electron chi connectivity index (χ2n) is 10.1. The molecule has 7 nitrogen and oxygen atoms in total. The van der Waals surface area contributed by atoms with Crippen molar-refractivity contribution in [1.29, 1.82) is 0 Å². The zero-order valence-electron chi connectivity index (χ0n) is 20.9. The molecule has 4 heterocycles. The number of fused-ring (bicyclic) bond motifs is 2. The second kappa shape index (κ2) is 9.08. The summed E-state index contributed by atoms with van der Waals surface area (Å²) in [5.74, 6) is 7.02. The number of hydrogen-bond acceptors (Lipinski definition) is 5. The summed E-state index contributed by atoms with van der Waals surface area (Å²) in [4.78, 5) is 11.2. The number of nitrogen functional groups attached to an aromatic ring is 1. The molecule has 2 radical (unpaired) electrons. The van der Waals surface area contributed by atoms with Crippen LogP contribution in [0.25, 0.3) is 21.9 Å². The van der Waals surface area contributed by atoms with Crippen molar-refractivity contribution in [2.24, 2.45) is 0 Å². The topological polar surface area (TPSA) is 77.8 Å². The van der Waals surface area contributed by atoms with E-state index in [4.69, 9.17) is 18.7 Å². The molecular weight excluding hydrogens is 476 g/mol. The highest BCUT2D eigenvalue weighted by atomic mass is 31.0. The third kappa shape index (κ3) is 4.12. The van der Waals surface area contributed by atoms with Gasteiger partial charge in [-0.3, -0.25) is 4.68 Å². The van der Waals surface area contributed by atoms with Crippen molar-refractivity contribution in [3.63, 3.8) is 0 Å². The van der Waals surface area contributed by atoms with E-state index in [0.717, 1.165) is 51.5 Å². The van der Waals surface area contributed by atoms with Gasteiger partial charge in [0.1, 0.15) is 11.5 Å². The molecule has 6 rings (SSSR count). The lowest BCUT2D eigenvalue weighted by molar-refractivity contribution is 0.320. The Bertz CT molecular complexity index is 1620. The number of allylic oxidation sites excluding steroid dienone is 1. The number of likely N-dealkylation sites (tertiary alicyclic amines) is 1. The molecule has 4 atom stereocenters. The van der Waals surface area contributed by atoms with Gasteiger partial charge in [0.25, 0.3) is 0 Å². The number of nitrogens with zero attached hydrogens (tertiary/aromatic N) is 6. The number of rotatable bonds is 5. The van der Waals surface area contributed by atoms with Crippen LogP contribution in [0.4, 0.5) is 5.82 Å². The molecule has 1 aromatic carbocycles. The summed E-state index contributed by atoms with van der Waals surface area (Å²) >= 11 is 0. The van der Waals surface area contributed by atoms with Gasteiger partial charge < -0.3 is 15.2 Å². The van der Waals surface area contributed by atoms with Crippen LogP contribution >= 0.6 is 9.24 Å². The molecule has 9 heteroatoms. The van der Waals surface area contributed by atoms with Gasteiger partial charge in [0.15, 0.2) is 0 Å². The number of anilines is 1. The smallest absolute Gasteiger partial charge is 0.147 e. The Kier molecular flexibility index (Phi) is 5.84. The van der Waals surface area contributed by atoms with E-state index in [1.165, 1.54) is 12.8 Å². The van der Waals surface area contributed by atoms with Gasteiger partial charge in [-0.2, -0.15) is 5.10 Å².